The molecule has 0 fully saturated rings. The lowest BCUT2D eigenvalue weighted by Gasteiger charge is -2.12. The van der Waals surface area contributed by atoms with Crippen LogP contribution < -0.4 is 10.6 Å². The van der Waals surface area contributed by atoms with E-state index in [1.54, 1.807) is 18.4 Å². The van der Waals surface area contributed by atoms with Gasteiger partial charge in [-0.2, -0.15) is 11.3 Å². The number of hydrogen-bond donors (Lipinski definition) is 3. The molecular formula is C9H12N2O3S. The predicted molar refractivity (Wildman–Crippen MR) is 58.2 cm³/mol. The number of anilines is 1. The van der Waals surface area contributed by atoms with Crippen LogP contribution in [0.15, 0.2) is 16.8 Å². The van der Waals surface area contributed by atoms with Gasteiger partial charge in [0, 0.05) is 5.38 Å². The fourth-order valence-corrected chi connectivity index (χ4v) is 1.59. The van der Waals surface area contributed by atoms with Crippen molar-refractivity contribution in [3.8, 4) is 0 Å². The quantitative estimate of drug-likeness (QED) is 0.734. The highest BCUT2D eigenvalue weighted by Crippen LogP contribution is 2.11. The molecule has 0 aromatic carbocycles. The van der Waals surface area contributed by atoms with Crippen LogP contribution in [0.4, 0.5) is 10.5 Å². The second-order valence-corrected chi connectivity index (χ2v) is 3.69. The molecule has 2 amide bonds. The summed E-state index contributed by atoms with van der Waals surface area (Å²) < 4.78 is 0. The van der Waals surface area contributed by atoms with Gasteiger partial charge in [-0.3, -0.25) is 0 Å². The number of aliphatic carboxylic acids is 1. The van der Waals surface area contributed by atoms with Crippen molar-refractivity contribution < 1.29 is 14.7 Å². The van der Waals surface area contributed by atoms with E-state index in [4.69, 9.17) is 5.11 Å². The molecule has 3 N–H and O–H groups in total. The van der Waals surface area contributed by atoms with E-state index >= 15 is 0 Å². The molecule has 5 nitrogen and oxygen atoms in total. The molecule has 15 heavy (non-hydrogen) atoms. The first-order valence-corrected chi connectivity index (χ1v) is 5.40. The Kier molecular flexibility index (Phi) is 4.11. The zero-order valence-electron chi connectivity index (χ0n) is 8.19. The van der Waals surface area contributed by atoms with Crippen LogP contribution in [0, 0.1) is 0 Å². The lowest BCUT2D eigenvalue weighted by molar-refractivity contribution is -0.139. The van der Waals surface area contributed by atoms with Crippen LogP contribution >= 0.6 is 11.3 Å². The molecule has 1 rings (SSSR count). The maximum atomic E-state index is 11.3. The average Bonchev–Trinajstić information content (AvgIpc) is 2.66. The third-order valence-electron chi connectivity index (χ3n) is 1.79. The Morgan fingerprint density at radius 3 is 2.80 bits per heavy atom. The van der Waals surface area contributed by atoms with Gasteiger partial charge in [-0.1, -0.05) is 6.92 Å². The molecule has 0 spiro atoms. The lowest BCUT2D eigenvalue weighted by Crippen LogP contribution is -2.42. The smallest absolute Gasteiger partial charge is 0.326 e. The summed E-state index contributed by atoms with van der Waals surface area (Å²) >= 11 is 1.45. The van der Waals surface area contributed by atoms with Crippen molar-refractivity contribution in [2.45, 2.75) is 19.4 Å². The monoisotopic (exact) mass is 228 g/mol. The molecular weight excluding hydrogens is 216 g/mol. The Morgan fingerprint density at radius 1 is 1.60 bits per heavy atom. The molecule has 6 heteroatoms. The molecule has 1 heterocycles. The number of rotatable bonds is 4. The number of carboxylic acids is 1. The van der Waals surface area contributed by atoms with Gasteiger partial charge in [0.2, 0.25) is 0 Å². The number of nitrogens with one attached hydrogen (secondary N) is 2. The fourth-order valence-electron chi connectivity index (χ4n) is 0.999. The van der Waals surface area contributed by atoms with E-state index in [2.05, 4.69) is 10.6 Å². The van der Waals surface area contributed by atoms with E-state index in [1.165, 1.54) is 11.3 Å². The molecule has 1 unspecified atom stereocenters. The van der Waals surface area contributed by atoms with Gasteiger partial charge in [0.1, 0.15) is 6.04 Å². The Bertz CT molecular complexity index is 337. The van der Waals surface area contributed by atoms with Gasteiger partial charge in [0.05, 0.1) is 5.69 Å². The molecule has 0 bridgehead atoms. The first kappa shape index (κ1) is 11.5. The van der Waals surface area contributed by atoms with Gasteiger partial charge in [-0.05, 0) is 17.9 Å². The first-order chi connectivity index (χ1) is 7.13. The average molecular weight is 228 g/mol. The summed E-state index contributed by atoms with van der Waals surface area (Å²) in [7, 11) is 0. The normalized spacial score (nSPS) is 11.8. The molecule has 0 aliphatic rings. The first-order valence-electron chi connectivity index (χ1n) is 4.46. The Balaban J connectivity index is 2.45. The van der Waals surface area contributed by atoms with Gasteiger partial charge in [-0.15, -0.1) is 0 Å². The lowest BCUT2D eigenvalue weighted by atomic mass is 10.2. The summed E-state index contributed by atoms with van der Waals surface area (Å²) in [5.41, 5.74) is 0.665. The van der Waals surface area contributed by atoms with E-state index < -0.39 is 18.0 Å². The number of amides is 2. The zero-order chi connectivity index (χ0) is 11.3. The second kappa shape index (κ2) is 5.35. The molecule has 0 saturated carbocycles. The summed E-state index contributed by atoms with van der Waals surface area (Å²) in [4.78, 5) is 21.9. The molecule has 1 atom stereocenters. The van der Waals surface area contributed by atoms with Crippen LogP contribution in [0.2, 0.25) is 0 Å². The van der Waals surface area contributed by atoms with Crippen LogP contribution in [0.25, 0.3) is 0 Å². The molecule has 1 aromatic rings. The Labute approximate surface area is 91.1 Å². The topological polar surface area (TPSA) is 78.4 Å². The van der Waals surface area contributed by atoms with Crippen molar-refractivity contribution in [1.82, 2.24) is 5.32 Å². The Morgan fingerprint density at radius 2 is 2.33 bits per heavy atom. The second-order valence-electron chi connectivity index (χ2n) is 2.91. The van der Waals surface area contributed by atoms with Crippen molar-refractivity contribution in [3.05, 3.63) is 16.8 Å². The fraction of sp³-hybridized carbons (Fsp3) is 0.333. The molecule has 0 radical (unpaired) electrons. The minimum atomic E-state index is -1.03. The van der Waals surface area contributed by atoms with E-state index in [1.807, 2.05) is 5.38 Å². The van der Waals surface area contributed by atoms with E-state index in [9.17, 15) is 9.59 Å². The van der Waals surface area contributed by atoms with Crippen molar-refractivity contribution in [1.29, 1.82) is 0 Å². The predicted octanol–water partition coefficient (Wildman–Crippen LogP) is 1.73. The van der Waals surface area contributed by atoms with Crippen molar-refractivity contribution in [2.24, 2.45) is 0 Å². The van der Waals surface area contributed by atoms with Crippen LogP contribution in [0.3, 0.4) is 0 Å². The standard InChI is InChI=1S/C9H12N2O3S/c1-2-7(8(12)13)11-9(14)10-6-3-4-15-5-6/h3-5,7H,2H2,1H3,(H,12,13)(H2,10,11,14). The minimum Gasteiger partial charge on any atom is -0.480 e. The molecule has 1 aromatic heterocycles. The number of carbonyl (C=O) groups excluding carboxylic acids is 1. The summed E-state index contributed by atoms with van der Waals surface area (Å²) in [5, 5.41) is 17.2. The maximum absolute atomic E-state index is 11.3. The summed E-state index contributed by atoms with van der Waals surface area (Å²) in [6.07, 6.45) is 0.354. The third-order valence-corrected chi connectivity index (χ3v) is 2.47. The largest absolute Gasteiger partial charge is 0.480 e. The number of carbonyl (C=O) groups is 2. The van der Waals surface area contributed by atoms with Gasteiger partial charge in [-0.25, -0.2) is 9.59 Å². The minimum absolute atomic E-state index is 0.354. The molecule has 0 aliphatic heterocycles. The van der Waals surface area contributed by atoms with Crippen molar-refractivity contribution >= 4 is 29.0 Å². The highest BCUT2D eigenvalue weighted by Gasteiger charge is 2.17. The van der Waals surface area contributed by atoms with E-state index in [0.717, 1.165) is 0 Å². The van der Waals surface area contributed by atoms with Crippen LogP contribution in [-0.2, 0) is 4.79 Å². The van der Waals surface area contributed by atoms with Gasteiger partial charge >= 0.3 is 12.0 Å². The summed E-state index contributed by atoms with van der Waals surface area (Å²) in [5.74, 6) is -1.03. The number of thiophene rings is 1. The van der Waals surface area contributed by atoms with E-state index in [-0.39, 0.29) is 0 Å². The molecule has 82 valence electrons. The summed E-state index contributed by atoms with van der Waals surface area (Å²) in [6, 6.07) is 0.401. The third kappa shape index (κ3) is 3.59. The van der Waals surface area contributed by atoms with Crippen molar-refractivity contribution in [3.63, 3.8) is 0 Å². The van der Waals surface area contributed by atoms with Crippen LogP contribution in [0.1, 0.15) is 13.3 Å². The summed E-state index contributed by atoms with van der Waals surface area (Å²) in [6.45, 7) is 1.70. The highest BCUT2D eigenvalue weighted by atomic mass is 32.1. The zero-order valence-corrected chi connectivity index (χ0v) is 9.00. The van der Waals surface area contributed by atoms with E-state index in [0.29, 0.717) is 12.1 Å². The van der Waals surface area contributed by atoms with Crippen LogP contribution in [-0.4, -0.2) is 23.1 Å². The van der Waals surface area contributed by atoms with Gasteiger partial charge in [0.15, 0.2) is 0 Å². The Hall–Kier alpha value is -1.56. The van der Waals surface area contributed by atoms with Crippen molar-refractivity contribution in [2.75, 3.05) is 5.32 Å². The number of carboxylic acid groups (broad SMARTS) is 1. The molecule has 0 saturated heterocycles. The number of urea groups is 1. The highest BCUT2D eigenvalue weighted by molar-refractivity contribution is 7.08. The van der Waals surface area contributed by atoms with Gasteiger partial charge in [0.25, 0.3) is 0 Å². The maximum Gasteiger partial charge on any atom is 0.326 e. The van der Waals surface area contributed by atoms with Gasteiger partial charge < -0.3 is 15.7 Å². The number of hydrogen-bond acceptors (Lipinski definition) is 3. The SMILES string of the molecule is CCC(NC(=O)Nc1ccsc1)C(=O)O. The van der Waals surface area contributed by atoms with Crippen LogP contribution in [0.5, 0.6) is 0 Å². The molecule has 0 aliphatic carbocycles.